The average molecular weight is 652 g/mol. The molecule has 0 radical (unpaired) electrons. The van der Waals surface area contributed by atoms with E-state index in [9.17, 15) is 19.2 Å². The highest BCUT2D eigenvalue weighted by atomic mass is 79.9. The Bertz CT molecular complexity index is 1540. The first-order valence-corrected chi connectivity index (χ1v) is 14.4. The van der Waals surface area contributed by atoms with Crippen LogP contribution in [0.25, 0.3) is 0 Å². The van der Waals surface area contributed by atoms with Crippen molar-refractivity contribution in [1.29, 1.82) is 0 Å². The molecule has 0 unspecified atom stereocenters. The van der Waals surface area contributed by atoms with Crippen LogP contribution in [0, 0.1) is 0 Å². The van der Waals surface area contributed by atoms with Crippen molar-refractivity contribution in [3.05, 3.63) is 81.8 Å². The number of hydrogen-bond donors (Lipinski definition) is 3. The molecular weight excluding hydrogens is 620 g/mol. The fraction of sp³-hybridized carbons (Fsp3) is 0.258. The van der Waals surface area contributed by atoms with Crippen molar-refractivity contribution in [2.24, 2.45) is 5.10 Å². The molecular formula is C31H31BrN4O7. The lowest BCUT2D eigenvalue weighted by Gasteiger charge is -2.23. The first kappa shape index (κ1) is 31.2. The molecule has 0 aromatic heterocycles. The van der Waals surface area contributed by atoms with Crippen LogP contribution in [0.3, 0.4) is 0 Å². The molecule has 3 aromatic carbocycles. The van der Waals surface area contributed by atoms with Gasteiger partial charge in [0.1, 0.15) is 5.75 Å². The van der Waals surface area contributed by atoms with E-state index >= 15 is 0 Å². The molecule has 0 saturated heterocycles. The smallest absolute Gasteiger partial charge is 0.343 e. The maximum absolute atomic E-state index is 12.9. The molecule has 0 aliphatic heterocycles. The van der Waals surface area contributed by atoms with Crippen LogP contribution in [0.15, 0.2) is 70.2 Å². The Labute approximate surface area is 257 Å². The third-order valence-corrected chi connectivity index (χ3v) is 7.22. The van der Waals surface area contributed by atoms with E-state index in [1.165, 1.54) is 32.6 Å². The lowest BCUT2D eigenvalue weighted by molar-refractivity contribution is -0.136. The molecule has 0 heterocycles. The van der Waals surface area contributed by atoms with Gasteiger partial charge in [-0.15, -0.1) is 0 Å². The predicted octanol–water partition coefficient (Wildman–Crippen LogP) is 4.84. The maximum atomic E-state index is 12.9. The minimum Gasteiger partial charge on any atom is -0.493 e. The minimum absolute atomic E-state index is 0.0869. The minimum atomic E-state index is -1.06. The normalized spacial score (nSPS) is 13.2. The van der Waals surface area contributed by atoms with E-state index in [1.807, 2.05) is 0 Å². The van der Waals surface area contributed by atoms with Gasteiger partial charge in [0, 0.05) is 16.1 Å². The van der Waals surface area contributed by atoms with Crippen molar-refractivity contribution in [2.45, 2.75) is 38.1 Å². The number of benzene rings is 3. The molecule has 43 heavy (non-hydrogen) atoms. The molecule has 4 rings (SSSR count). The summed E-state index contributed by atoms with van der Waals surface area (Å²) >= 11 is 3.36. The molecule has 3 amide bonds. The van der Waals surface area contributed by atoms with Crippen LogP contribution in [0.2, 0.25) is 0 Å². The third kappa shape index (κ3) is 8.41. The number of anilines is 1. The molecule has 224 valence electrons. The summed E-state index contributed by atoms with van der Waals surface area (Å²) < 4.78 is 16.7. The van der Waals surface area contributed by atoms with Gasteiger partial charge in [-0.25, -0.2) is 10.2 Å². The second kappa shape index (κ2) is 15.0. The summed E-state index contributed by atoms with van der Waals surface area (Å²) in [5, 5.41) is 9.34. The van der Waals surface area contributed by atoms with E-state index in [1.54, 1.807) is 48.5 Å². The number of rotatable bonds is 9. The number of hydrogen-bond acceptors (Lipinski definition) is 8. The van der Waals surface area contributed by atoms with E-state index in [-0.39, 0.29) is 34.5 Å². The Morgan fingerprint density at radius 1 is 0.860 bits per heavy atom. The number of hydrazone groups is 1. The summed E-state index contributed by atoms with van der Waals surface area (Å²) in [6, 6.07) is 16.0. The van der Waals surface area contributed by atoms with Crippen LogP contribution in [-0.2, 0) is 9.59 Å². The van der Waals surface area contributed by atoms with Crippen LogP contribution < -0.4 is 30.3 Å². The van der Waals surface area contributed by atoms with Crippen LogP contribution in [0.1, 0.15) is 58.4 Å². The monoisotopic (exact) mass is 650 g/mol. The second-order valence-corrected chi connectivity index (χ2v) is 10.6. The largest absolute Gasteiger partial charge is 0.493 e. The zero-order valence-corrected chi connectivity index (χ0v) is 25.2. The van der Waals surface area contributed by atoms with E-state index in [0.29, 0.717) is 21.5 Å². The molecule has 1 aliphatic carbocycles. The second-order valence-electron chi connectivity index (χ2n) is 9.65. The first-order chi connectivity index (χ1) is 20.8. The topological polar surface area (TPSA) is 144 Å². The molecule has 1 fully saturated rings. The SMILES string of the molecule is COc1ccc(C(=O)Oc2ccc(Br)cc2C=NNC(=O)C(=O)Nc2ccccc2C(=O)NC2CCCCC2)cc1OC. The van der Waals surface area contributed by atoms with E-state index in [2.05, 4.69) is 37.1 Å². The number of amides is 3. The molecule has 3 N–H and O–H groups in total. The van der Waals surface area contributed by atoms with Crippen molar-refractivity contribution in [1.82, 2.24) is 10.7 Å². The molecule has 12 heteroatoms. The summed E-state index contributed by atoms with van der Waals surface area (Å²) in [6.45, 7) is 0. The van der Waals surface area contributed by atoms with Gasteiger partial charge in [-0.3, -0.25) is 14.4 Å². The van der Waals surface area contributed by atoms with Gasteiger partial charge < -0.3 is 24.8 Å². The number of esters is 1. The van der Waals surface area contributed by atoms with Gasteiger partial charge in [0.05, 0.1) is 37.2 Å². The highest BCUT2D eigenvalue weighted by Crippen LogP contribution is 2.29. The summed E-state index contributed by atoms with van der Waals surface area (Å²) in [5.41, 5.74) is 3.18. The summed E-state index contributed by atoms with van der Waals surface area (Å²) in [5.74, 6) is -2.06. The Balaban J connectivity index is 1.39. The molecule has 0 bridgehead atoms. The molecule has 0 spiro atoms. The number of nitrogens with zero attached hydrogens (tertiary/aromatic N) is 1. The molecule has 1 saturated carbocycles. The lowest BCUT2D eigenvalue weighted by atomic mass is 9.95. The number of ether oxygens (including phenoxy) is 3. The highest BCUT2D eigenvalue weighted by molar-refractivity contribution is 9.10. The van der Waals surface area contributed by atoms with E-state index in [4.69, 9.17) is 14.2 Å². The zero-order valence-electron chi connectivity index (χ0n) is 23.6. The maximum Gasteiger partial charge on any atom is 0.343 e. The number of para-hydroxylation sites is 1. The van der Waals surface area contributed by atoms with Crippen LogP contribution >= 0.6 is 15.9 Å². The Morgan fingerprint density at radius 3 is 2.33 bits per heavy atom. The van der Waals surface area contributed by atoms with Crippen LogP contribution in [0.5, 0.6) is 17.2 Å². The number of carbonyl (C=O) groups is 4. The van der Waals surface area contributed by atoms with Gasteiger partial charge in [-0.05, 0) is 61.4 Å². The molecule has 11 nitrogen and oxygen atoms in total. The Kier molecular flexibility index (Phi) is 10.9. The van der Waals surface area contributed by atoms with Gasteiger partial charge in [-0.2, -0.15) is 5.10 Å². The van der Waals surface area contributed by atoms with E-state index < -0.39 is 17.8 Å². The van der Waals surface area contributed by atoms with Gasteiger partial charge in [0.15, 0.2) is 11.5 Å². The van der Waals surface area contributed by atoms with Crippen LogP contribution in [-0.4, -0.2) is 50.2 Å². The van der Waals surface area contributed by atoms with Crippen molar-refractivity contribution in [2.75, 3.05) is 19.5 Å². The first-order valence-electron chi connectivity index (χ1n) is 13.6. The number of nitrogens with one attached hydrogen (secondary N) is 3. The fourth-order valence-electron chi connectivity index (χ4n) is 4.53. The fourth-order valence-corrected chi connectivity index (χ4v) is 4.90. The number of carbonyl (C=O) groups excluding carboxylic acids is 4. The summed E-state index contributed by atoms with van der Waals surface area (Å²) in [4.78, 5) is 50.8. The Hall–Kier alpha value is -4.71. The quantitative estimate of drug-likeness (QED) is 0.0988. The van der Waals surface area contributed by atoms with Crippen molar-refractivity contribution < 1.29 is 33.4 Å². The van der Waals surface area contributed by atoms with Gasteiger partial charge in [0.25, 0.3) is 5.91 Å². The summed E-state index contributed by atoms with van der Waals surface area (Å²) in [6.07, 6.45) is 6.34. The summed E-state index contributed by atoms with van der Waals surface area (Å²) in [7, 11) is 2.94. The number of halogens is 1. The zero-order chi connectivity index (χ0) is 30.8. The molecule has 0 atom stereocenters. The van der Waals surface area contributed by atoms with E-state index in [0.717, 1.165) is 32.1 Å². The van der Waals surface area contributed by atoms with Crippen molar-refractivity contribution in [3.63, 3.8) is 0 Å². The third-order valence-electron chi connectivity index (χ3n) is 6.73. The number of methoxy groups -OCH3 is 2. The predicted molar refractivity (Wildman–Crippen MR) is 164 cm³/mol. The van der Waals surface area contributed by atoms with Gasteiger partial charge >= 0.3 is 17.8 Å². The van der Waals surface area contributed by atoms with Gasteiger partial charge in [0.2, 0.25) is 0 Å². The van der Waals surface area contributed by atoms with Crippen molar-refractivity contribution >= 4 is 51.5 Å². The van der Waals surface area contributed by atoms with Crippen molar-refractivity contribution in [3.8, 4) is 17.2 Å². The lowest BCUT2D eigenvalue weighted by Crippen LogP contribution is -2.37. The molecule has 1 aliphatic rings. The van der Waals surface area contributed by atoms with Crippen LogP contribution in [0.4, 0.5) is 5.69 Å². The van der Waals surface area contributed by atoms with Gasteiger partial charge in [-0.1, -0.05) is 47.3 Å². The Morgan fingerprint density at radius 2 is 1.58 bits per heavy atom. The standard InChI is InChI=1S/C31H31BrN4O7/c1-41-26-14-12-19(17-27(26)42-2)31(40)43-25-15-13-21(32)16-20(25)18-33-36-30(39)29(38)35-24-11-7-6-10-23(24)28(37)34-22-8-4-3-5-9-22/h6-7,10-18,22H,3-5,8-9H2,1-2H3,(H,34,37)(H,35,38)(H,36,39). The highest BCUT2D eigenvalue weighted by Gasteiger charge is 2.21. The molecule has 3 aromatic rings. The average Bonchev–Trinajstić information content (AvgIpc) is 3.02.